The van der Waals surface area contributed by atoms with Crippen LogP contribution in [0.25, 0.3) is 11.3 Å². The van der Waals surface area contributed by atoms with E-state index in [1.165, 1.54) is 12.1 Å². The third kappa shape index (κ3) is 2.89. The number of benzene rings is 1. The number of halogens is 1. The van der Waals surface area contributed by atoms with Gasteiger partial charge < -0.3 is 9.80 Å². The first-order chi connectivity index (χ1) is 13.6. The summed E-state index contributed by atoms with van der Waals surface area (Å²) in [5.74, 6) is 0.605. The van der Waals surface area contributed by atoms with Crippen molar-refractivity contribution in [3.63, 3.8) is 0 Å². The summed E-state index contributed by atoms with van der Waals surface area (Å²) in [5.41, 5.74) is 1.88. The lowest BCUT2D eigenvalue weighted by Crippen LogP contribution is -2.61. The molecule has 0 radical (unpaired) electrons. The molecule has 0 saturated carbocycles. The minimum atomic E-state index is -0.313. The number of carbonyl (C=O) groups excluding carboxylic acids is 2. The van der Waals surface area contributed by atoms with Crippen LogP contribution in [0.5, 0.6) is 0 Å². The van der Waals surface area contributed by atoms with E-state index in [4.69, 9.17) is 0 Å². The highest BCUT2D eigenvalue weighted by Gasteiger charge is 2.45. The molecule has 1 aromatic carbocycles. The molecule has 2 aromatic rings. The van der Waals surface area contributed by atoms with Crippen LogP contribution >= 0.6 is 0 Å². The average Bonchev–Trinajstić information content (AvgIpc) is 3.18. The molecule has 2 amide bonds. The Balaban J connectivity index is 1.38. The summed E-state index contributed by atoms with van der Waals surface area (Å²) in [4.78, 5) is 29.6. The molecule has 146 valence electrons. The largest absolute Gasteiger partial charge is 0.339 e. The van der Waals surface area contributed by atoms with Gasteiger partial charge in [0.1, 0.15) is 5.82 Å². The molecule has 5 rings (SSSR count). The molecular weight excluding hydrogens is 359 g/mol. The smallest absolute Gasteiger partial charge is 0.257 e. The minimum Gasteiger partial charge on any atom is -0.339 e. The molecule has 1 N–H and O–H groups in total. The van der Waals surface area contributed by atoms with Crippen LogP contribution in [0.3, 0.4) is 0 Å². The summed E-state index contributed by atoms with van der Waals surface area (Å²) in [7, 11) is 0. The van der Waals surface area contributed by atoms with E-state index in [1.54, 1.807) is 18.3 Å². The SMILES string of the molecule is O=C(c1cn[nH]c1-c1ccc(F)cc1)N1C[C@H]2C[C@H](C1)[C@H]1CCCC(=O)N1C2. The number of aromatic nitrogens is 2. The highest BCUT2D eigenvalue weighted by molar-refractivity contribution is 5.99. The predicted molar refractivity (Wildman–Crippen MR) is 101 cm³/mol. The Morgan fingerprint density at radius 1 is 1.18 bits per heavy atom. The standard InChI is InChI=1S/C21H23FN4O2/c22-16-6-4-14(5-7-16)20-17(9-23-24-20)21(28)25-10-13-8-15(12-25)18-2-1-3-19(27)26(18)11-13/h4-7,9,13,15,18H,1-3,8,10-12H2,(H,23,24)/t13-,15-,18-/m1/s1. The lowest BCUT2D eigenvalue weighted by Gasteiger charge is -2.52. The van der Waals surface area contributed by atoms with Gasteiger partial charge in [-0.2, -0.15) is 5.10 Å². The van der Waals surface area contributed by atoms with E-state index in [0.717, 1.165) is 31.4 Å². The van der Waals surface area contributed by atoms with Gasteiger partial charge in [-0.15, -0.1) is 0 Å². The van der Waals surface area contributed by atoms with Crippen LogP contribution in [0.4, 0.5) is 4.39 Å². The van der Waals surface area contributed by atoms with Crippen LogP contribution in [-0.2, 0) is 4.79 Å². The first-order valence-electron chi connectivity index (χ1n) is 9.98. The lowest BCUT2D eigenvalue weighted by atomic mass is 9.76. The van der Waals surface area contributed by atoms with Crippen molar-refractivity contribution >= 4 is 11.8 Å². The van der Waals surface area contributed by atoms with Crippen molar-refractivity contribution in [3.05, 3.63) is 41.8 Å². The molecule has 0 spiro atoms. The first-order valence-corrected chi connectivity index (χ1v) is 9.98. The van der Waals surface area contributed by atoms with Crippen molar-refractivity contribution in [2.24, 2.45) is 11.8 Å². The van der Waals surface area contributed by atoms with Crippen LogP contribution in [0, 0.1) is 17.7 Å². The first kappa shape index (κ1) is 17.4. The Bertz CT molecular complexity index is 909. The molecule has 3 atom stereocenters. The maximum atomic E-state index is 13.3. The van der Waals surface area contributed by atoms with Crippen molar-refractivity contribution in [2.75, 3.05) is 19.6 Å². The molecule has 1 aromatic heterocycles. The fraction of sp³-hybridized carbons (Fsp3) is 0.476. The molecule has 6 nitrogen and oxygen atoms in total. The zero-order valence-corrected chi connectivity index (χ0v) is 15.6. The van der Waals surface area contributed by atoms with Crippen LogP contribution in [0.1, 0.15) is 36.0 Å². The second kappa shape index (κ2) is 6.72. The molecule has 28 heavy (non-hydrogen) atoms. The van der Waals surface area contributed by atoms with E-state index in [0.29, 0.717) is 42.6 Å². The van der Waals surface area contributed by atoms with Crippen LogP contribution in [-0.4, -0.2) is 57.5 Å². The zero-order chi connectivity index (χ0) is 19.3. The molecule has 4 heterocycles. The molecule has 3 saturated heterocycles. The van der Waals surface area contributed by atoms with Crippen LogP contribution in [0.15, 0.2) is 30.5 Å². The van der Waals surface area contributed by atoms with Crippen LogP contribution in [0.2, 0.25) is 0 Å². The second-order valence-corrected chi connectivity index (χ2v) is 8.24. The fourth-order valence-electron chi connectivity index (χ4n) is 5.23. The van der Waals surface area contributed by atoms with Crippen molar-refractivity contribution < 1.29 is 14.0 Å². The maximum absolute atomic E-state index is 13.3. The molecule has 3 aliphatic rings. The van der Waals surface area contributed by atoms with E-state index in [-0.39, 0.29) is 23.7 Å². The van der Waals surface area contributed by atoms with Gasteiger partial charge in [-0.3, -0.25) is 14.7 Å². The molecule has 7 heteroatoms. The highest BCUT2D eigenvalue weighted by Crippen LogP contribution is 2.38. The van der Waals surface area contributed by atoms with Crippen molar-refractivity contribution in [1.82, 2.24) is 20.0 Å². The number of amides is 2. The number of carbonyl (C=O) groups is 2. The number of fused-ring (bicyclic) bond motifs is 4. The summed E-state index contributed by atoms with van der Waals surface area (Å²) in [6.07, 6.45) is 5.30. The number of rotatable bonds is 2. The maximum Gasteiger partial charge on any atom is 0.257 e. The van der Waals surface area contributed by atoms with Gasteiger partial charge in [0.05, 0.1) is 17.5 Å². The lowest BCUT2D eigenvalue weighted by molar-refractivity contribution is -0.144. The number of H-pyrrole nitrogens is 1. The van der Waals surface area contributed by atoms with Gasteiger partial charge in [0.25, 0.3) is 5.91 Å². The van der Waals surface area contributed by atoms with Crippen molar-refractivity contribution in [2.45, 2.75) is 31.7 Å². The molecule has 0 aliphatic carbocycles. The summed E-state index contributed by atoms with van der Waals surface area (Å²) in [6, 6.07) is 6.33. The Morgan fingerprint density at radius 2 is 2.00 bits per heavy atom. The Labute approximate surface area is 162 Å². The summed E-state index contributed by atoms with van der Waals surface area (Å²) in [6.45, 7) is 2.11. The van der Waals surface area contributed by atoms with E-state index in [9.17, 15) is 14.0 Å². The van der Waals surface area contributed by atoms with Crippen molar-refractivity contribution in [1.29, 1.82) is 0 Å². The summed E-state index contributed by atoms with van der Waals surface area (Å²) in [5, 5.41) is 6.96. The Hall–Kier alpha value is -2.70. The number of hydrogen-bond donors (Lipinski definition) is 1. The minimum absolute atomic E-state index is 0.0432. The van der Waals surface area contributed by atoms with E-state index < -0.39 is 0 Å². The van der Waals surface area contributed by atoms with Gasteiger partial charge in [0, 0.05) is 37.7 Å². The van der Waals surface area contributed by atoms with Crippen LogP contribution < -0.4 is 0 Å². The van der Waals surface area contributed by atoms with Gasteiger partial charge >= 0.3 is 0 Å². The number of nitrogens with zero attached hydrogens (tertiary/aromatic N) is 3. The Kier molecular flexibility index (Phi) is 4.18. The average molecular weight is 382 g/mol. The second-order valence-electron chi connectivity index (χ2n) is 8.24. The summed E-state index contributed by atoms with van der Waals surface area (Å²) >= 11 is 0. The van der Waals surface area contributed by atoms with Gasteiger partial charge in [-0.25, -0.2) is 4.39 Å². The predicted octanol–water partition coefficient (Wildman–Crippen LogP) is 2.69. The molecule has 3 fully saturated rings. The monoisotopic (exact) mass is 382 g/mol. The topological polar surface area (TPSA) is 69.3 Å². The molecule has 2 bridgehead atoms. The normalized spacial score (nSPS) is 26.9. The molecule has 0 unspecified atom stereocenters. The number of piperidine rings is 3. The van der Waals surface area contributed by atoms with Gasteiger partial charge in [0.15, 0.2) is 0 Å². The quantitative estimate of drug-likeness (QED) is 0.868. The third-order valence-corrected chi connectivity index (χ3v) is 6.47. The van der Waals surface area contributed by atoms with Gasteiger partial charge in [-0.1, -0.05) is 0 Å². The third-order valence-electron chi connectivity index (χ3n) is 6.47. The van der Waals surface area contributed by atoms with Gasteiger partial charge in [0.2, 0.25) is 5.91 Å². The Morgan fingerprint density at radius 3 is 2.82 bits per heavy atom. The number of hydrogen-bond acceptors (Lipinski definition) is 3. The number of likely N-dealkylation sites (tertiary alicyclic amines) is 1. The van der Waals surface area contributed by atoms with E-state index in [1.807, 2.05) is 4.90 Å². The fourth-order valence-corrected chi connectivity index (χ4v) is 5.23. The van der Waals surface area contributed by atoms with E-state index in [2.05, 4.69) is 15.1 Å². The van der Waals surface area contributed by atoms with Crippen molar-refractivity contribution in [3.8, 4) is 11.3 Å². The highest BCUT2D eigenvalue weighted by atomic mass is 19.1. The molecule has 3 aliphatic heterocycles. The number of aromatic amines is 1. The van der Waals surface area contributed by atoms with E-state index >= 15 is 0 Å². The number of nitrogens with one attached hydrogen (secondary N) is 1. The van der Waals surface area contributed by atoms with Gasteiger partial charge in [-0.05, 0) is 55.4 Å². The molecular formula is C21H23FN4O2. The summed E-state index contributed by atoms with van der Waals surface area (Å²) < 4.78 is 13.2. The zero-order valence-electron chi connectivity index (χ0n) is 15.6.